The van der Waals surface area contributed by atoms with Crippen molar-refractivity contribution in [1.29, 1.82) is 0 Å². The monoisotopic (exact) mass is 431 g/mol. The van der Waals surface area contributed by atoms with Crippen molar-refractivity contribution >= 4 is 0 Å². The molecule has 2 aliphatic rings. The maximum absolute atomic E-state index is 12.5. The van der Waals surface area contributed by atoms with Gasteiger partial charge in [0.05, 0.1) is 26.2 Å². The third-order valence-electron chi connectivity index (χ3n) is 7.38. The molecule has 3 unspecified atom stereocenters. The predicted octanol–water partition coefficient (Wildman–Crippen LogP) is 7.87. The average Bonchev–Trinajstić information content (AvgIpc) is 3.35. The summed E-state index contributed by atoms with van der Waals surface area (Å²) < 4.78 is 5.90. The first-order chi connectivity index (χ1) is 14.5. The Kier molecular flexibility index (Phi) is 10.0. The smallest absolute Gasteiger partial charge is 0.113 e. The van der Waals surface area contributed by atoms with Gasteiger partial charge in [0.25, 0.3) is 0 Å². The zero-order valence-electron chi connectivity index (χ0n) is 21.6. The van der Waals surface area contributed by atoms with Gasteiger partial charge in [-0.05, 0) is 97.0 Å². The highest BCUT2D eigenvalue weighted by Crippen LogP contribution is 2.52. The lowest BCUT2D eigenvalue weighted by Crippen LogP contribution is -2.39. The number of rotatable bonds is 14. The topological polar surface area (TPSA) is 35.6 Å². The number of nitrogens with zero attached hydrogens (tertiary/aromatic N) is 1. The minimum absolute atomic E-state index is 0.0652. The third kappa shape index (κ3) is 8.86. The van der Waals surface area contributed by atoms with Gasteiger partial charge >= 0.3 is 0 Å². The fourth-order valence-electron chi connectivity index (χ4n) is 5.07. The number of unbranched alkanes of at least 4 members (excludes halogenated alkanes) is 1. The van der Waals surface area contributed by atoms with Gasteiger partial charge in [-0.1, -0.05) is 42.7 Å². The van der Waals surface area contributed by atoms with E-state index in [0.29, 0.717) is 12.0 Å². The van der Waals surface area contributed by atoms with E-state index >= 15 is 0 Å². The Balaban J connectivity index is 1.62. The van der Waals surface area contributed by atoms with Crippen molar-refractivity contribution in [3.05, 3.63) is 39.7 Å². The first kappa shape index (κ1) is 26.4. The minimum Gasteiger partial charge on any atom is -0.633 e. The van der Waals surface area contributed by atoms with Gasteiger partial charge in [0, 0.05) is 6.42 Å². The first-order valence-corrected chi connectivity index (χ1v) is 12.8. The molecule has 3 nitrogen and oxygen atoms in total. The SMILES string of the molecule is CC1=C(CC/C(C)=C/CC/C=C(\C)CCC[N+](C)([O-])CCCC(C)C)C2(C)OC2CC1. The molecule has 0 saturated carbocycles. The maximum Gasteiger partial charge on any atom is 0.113 e. The Morgan fingerprint density at radius 3 is 2.39 bits per heavy atom. The van der Waals surface area contributed by atoms with Crippen LogP contribution >= 0.6 is 0 Å². The summed E-state index contributed by atoms with van der Waals surface area (Å²) in [5, 5.41) is 12.5. The van der Waals surface area contributed by atoms with Crippen LogP contribution in [0.1, 0.15) is 106 Å². The van der Waals surface area contributed by atoms with Crippen molar-refractivity contribution in [1.82, 2.24) is 0 Å². The van der Waals surface area contributed by atoms with Crippen molar-refractivity contribution in [3.8, 4) is 0 Å². The number of ether oxygens (including phenoxy) is 1. The molecule has 0 aromatic rings. The Hall–Kier alpha value is -0.900. The van der Waals surface area contributed by atoms with Gasteiger partial charge in [0.1, 0.15) is 5.60 Å². The molecule has 2 rings (SSSR count). The van der Waals surface area contributed by atoms with Crippen LogP contribution in [0.15, 0.2) is 34.4 Å². The van der Waals surface area contributed by atoms with Gasteiger partial charge in [-0.25, -0.2) is 0 Å². The van der Waals surface area contributed by atoms with Crippen LogP contribution in [-0.4, -0.2) is 36.5 Å². The number of allylic oxidation sites excluding steroid dienone is 5. The molecular weight excluding hydrogens is 382 g/mol. The lowest BCUT2D eigenvalue weighted by atomic mass is 9.81. The zero-order chi connectivity index (χ0) is 23.1. The van der Waals surface area contributed by atoms with Crippen LogP contribution in [0.5, 0.6) is 0 Å². The highest BCUT2D eigenvalue weighted by atomic mass is 16.6. The fourth-order valence-corrected chi connectivity index (χ4v) is 5.07. The van der Waals surface area contributed by atoms with Gasteiger partial charge in [-0.3, -0.25) is 0 Å². The van der Waals surface area contributed by atoms with Crippen molar-refractivity contribution < 1.29 is 9.38 Å². The van der Waals surface area contributed by atoms with Crippen LogP contribution in [0.4, 0.5) is 0 Å². The Morgan fingerprint density at radius 1 is 1.13 bits per heavy atom. The molecule has 1 heterocycles. The molecule has 0 radical (unpaired) electrons. The van der Waals surface area contributed by atoms with E-state index in [-0.39, 0.29) is 10.2 Å². The summed E-state index contributed by atoms with van der Waals surface area (Å²) in [6.07, 6.45) is 16.5. The predicted molar refractivity (Wildman–Crippen MR) is 134 cm³/mol. The summed E-state index contributed by atoms with van der Waals surface area (Å²) in [6, 6.07) is 0. The molecule has 1 saturated heterocycles. The molecule has 1 fully saturated rings. The molecule has 0 amide bonds. The number of quaternary nitrogens is 1. The molecule has 0 spiro atoms. The second kappa shape index (κ2) is 11.8. The van der Waals surface area contributed by atoms with Gasteiger partial charge in [-0.15, -0.1) is 0 Å². The summed E-state index contributed by atoms with van der Waals surface area (Å²) in [5.41, 5.74) is 6.13. The molecule has 0 N–H and O–H groups in total. The highest BCUT2D eigenvalue weighted by molar-refractivity contribution is 5.34. The van der Waals surface area contributed by atoms with E-state index in [1.54, 1.807) is 11.1 Å². The van der Waals surface area contributed by atoms with Crippen LogP contribution in [0.3, 0.4) is 0 Å². The Morgan fingerprint density at radius 2 is 1.74 bits per heavy atom. The van der Waals surface area contributed by atoms with Crippen LogP contribution in [0, 0.1) is 11.1 Å². The Bertz CT molecular complexity index is 670. The van der Waals surface area contributed by atoms with Gasteiger partial charge in [-0.2, -0.15) is 0 Å². The van der Waals surface area contributed by atoms with E-state index in [2.05, 4.69) is 53.7 Å². The highest BCUT2D eigenvalue weighted by Gasteiger charge is 2.56. The zero-order valence-corrected chi connectivity index (χ0v) is 21.6. The van der Waals surface area contributed by atoms with E-state index < -0.39 is 0 Å². The fraction of sp³-hybridized carbons (Fsp3) is 0.786. The third-order valence-corrected chi connectivity index (χ3v) is 7.38. The van der Waals surface area contributed by atoms with E-state index in [0.717, 1.165) is 64.5 Å². The molecule has 1 aliphatic carbocycles. The lowest BCUT2D eigenvalue weighted by Gasteiger charge is -2.39. The summed E-state index contributed by atoms with van der Waals surface area (Å²) in [5.74, 6) is 0.694. The summed E-state index contributed by atoms with van der Waals surface area (Å²) in [6.45, 7) is 15.0. The Labute approximate surface area is 192 Å². The molecule has 3 heteroatoms. The number of hydrogen-bond donors (Lipinski definition) is 0. The van der Waals surface area contributed by atoms with Crippen LogP contribution in [0.25, 0.3) is 0 Å². The molecule has 0 bridgehead atoms. The minimum atomic E-state index is -0.0807. The number of hydroxylamine groups is 3. The van der Waals surface area contributed by atoms with E-state index in [1.165, 1.54) is 24.0 Å². The van der Waals surface area contributed by atoms with E-state index in [1.807, 2.05) is 7.05 Å². The normalized spacial score (nSPS) is 26.3. The van der Waals surface area contributed by atoms with Crippen LogP contribution in [0.2, 0.25) is 0 Å². The quantitative estimate of drug-likeness (QED) is 0.0922. The largest absolute Gasteiger partial charge is 0.633 e. The van der Waals surface area contributed by atoms with Crippen LogP contribution < -0.4 is 0 Å². The summed E-state index contributed by atoms with van der Waals surface area (Å²) in [7, 11) is 1.84. The second-order valence-corrected chi connectivity index (χ2v) is 11.1. The molecular formula is C28H49NO2. The molecule has 3 atom stereocenters. The molecule has 1 aliphatic heterocycles. The van der Waals surface area contributed by atoms with Gasteiger partial charge < -0.3 is 14.6 Å². The van der Waals surface area contributed by atoms with Crippen molar-refractivity contribution in [2.45, 2.75) is 117 Å². The number of hydrogen-bond acceptors (Lipinski definition) is 2. The standard InChI is InChI=1S/C28H49NO2/c1-22(2)12-10-20-29(7,30)21-11-15-23(3)13-8-9-14-24(4)16-18-26-25(5)17-19-27-28(26,6)31-27/h13-14,22,27H,8-12,15-21H2,1-7H3/b23-13+,24-14+. The molecule has 0 aromatic heterocycles. The molecule has 0 aromatic carbocycles. The maximum atomic E-state index is 12.5. The summed E-state index contributed by atoms with van der Waals surface area (Å²) >= 11 is 0. The van der Waals surface area contributed by atoms with Gasteiger partial charge in [0.15, 0.2) is 0 Å². The molecule has 178 valence electrons. The van der Waals surface area contributed by atoms with E-state index in [4.69, 9.17) is 4.74 Å². The summed E-state index contributed by atoms with van der Waals surface area (Å²) in [4.78, 5) is 0. The van der Waals surface area contributed by atoms with Crippen molar-refractivity contribution in [2.24, 2.45) is 5.92 Å². The van der Waals surface area contributed by atoms with E-state index in [9.17, 15) is 5.21 Å². The van der Waals surface area contributed by atoms with Crippen molar-refractivity contribution in [2.75, 3.05) is 20.1 Å². The van der Waals surface area contributed by atoms with Crippen LogP contribution in [-0.2, 0) is 4.74 Å². The van der Waals surface area contributed by atoms with Crippen molar-refractivity contribution in [3.63, 3.8) is 0 Å². The molecule has 31 heavy (non-hydrogen) atoms. The second-order valence-electron chi connectivity index (χ2n) is 11.1. The number of epoxide rings is 1. The number of fused-ring (bicyclic) bond motifs is 1. The lowest BCUT2D eigenvalue weighted by molar-refractivity contribution is -0.861. The van der Waals surface area contributed by atoms with Gasteiger partial charge in [0.2, 0.25) is 0 Å². The first-order valence-electron chi connectivity index (χ1n) is 12.8. The average molecular weight is 432 g/mol.